The number of hydrogen-bond donors (Lipinski definition) is 1. The van der Waals surface area contributed by atoms with Crippen LogP contribution in [-0.4, -0.2) is 11.0 Å². The fraction of sp³-hybridized carbons (Fsp3) is 0.308. The Morgan fingerprint density at radius 2 is 2.12 bits per heavy atom. The molecule has 2 N–H and O–H groups in total. The zero-order valence-corrected chi connectivity index (χ0v) is 10.3. The summed E-state index contributed by atoms with van der Waals surface area (Å²) in [5.41, 5.74) is 8.98. The van der Waals surface area contributed by atoms with Crippen LogP contribution in [0.1, 0.15) is 18.2 Å². The summed E-state index contributed by atoms with van der Waals surface area (Å²) in [5.74, 6) is 0. The van der Waals surface area contributed by atoms with Gasteiger partial charge in [0, 0.05) is 28.6 Å². The SMILES string of the molecule is Cc1cc(CC(C)N)nc2cc(Cl)ccc12. The Morgan fingerprint density at radius 1 is 1.38 bits per heavy atom. The molecule has 0 aliphatic heterocycles. The van der Waals surface area contributed by atoms with Gasteiger partial charge in [-0.05, 0) is 37.6 Å². The van der Waals surface area contributed by atoms with Gasteiger partial charge in [-0.15, -0.1) is 0 Å². The number of benzene rings is 1. The molecule has 1 heterocycles. The third-order valence-electron chi connectivity index (χ3n) is 2.56. The van der Waals surface area contributed by atoms with Crippen LogP contribution >= 0.6 is 11.6 Å². The molecule has 0 amide bonds. The predicted octanol–water partition coefficient (Wildman–Crippen LogP) is 3.09. The minimum atomic E-state index is 0.128. The van der Waals surface area contributed by atoms with Crippen LogP contribution in [-0.2, 0) is 6.42 Å². The lowest BCUT2D eigenvalue weighted by Gasteiger charge is -2.08. The van der Waals surface area contributed by atoms with Gasteiger partial charge in [-0.1, -0.05) is 17.7 Å². The average Bonchev–Trinajstić information content (AvgIpc) is 2.15. The molecule has 0 saturated carbocycles. The molecule has 1 unspecified atom stereocenters. The van der Waals surface area contributed by atoms with E-state index in [4.69, 9.17) is 17.3 Å². The molecule has 1 aromatic carbocycles. The number of rotatable bonds is 2. The van der Waals surface area contributed by atoms with Gasteiger partial charge < -0.3 is 5.73 Å². The Morgan fingerprint density at radius 3 is 2.81 bits per heavy atom. The Labute approximate surface area is 100 Å². The van der Waals surface area contributed by atoms with E-state index >= 15 is 0 Å². The van der Waals surface area contributed by atoms with Crippen molar-refractivity contribution in [1.82, 2.24) is 4.98 Å². The maximum atomic E-state index is 5.96. The number of pyridine rings is 1. The molecule has 0 aliphatic carbocycles. The van der Waals surface area contributed by atoms with E-state index in [1.807, 2.05) is 25.1 Å². The summed E-state index contributed by atoms with van der Waals surface area (Å²) in [7, 11) is 0. The Balaban J connectivity index is 2.56. The van der Waals surface area contributed by atoms with E-state index in [1.54, 1.807) is 0 Å². The number of fused-ring (bicyclic) bond motifs is 1. The van der Waals surface area contributed by atoms with Gasteiger partial charge in [0.2, 0.25) is 0 Å². The number of aromatic nitrogens is 1. The second kappa shape index (κ2) is 4.40. The summed E-state index contributed by atoms with van der Waals surface area (Å²) in [6, 6.07) is 8.02. The quantitative estimate of drug-likeness (QED) is 0.867. The molecule has 1 aromatic heterocycles. The van der Waals surface area contributed by atoms with Gasteiger partial charge in [0.1, 0.15) is 0 Å². The molecular weight excluding hydrogens is 220 g/mol. The first-order valence-corrected chi connectivity index (χ1v) is 5.75. The van der Waals surface area contributed by atoms with Crippen molar-refractivity contribution in [1.29, 1.82) is 0 Å². The van der Waals surface area contributed by atoms with Gasteiger partial charge in [0.15, 0.2) is 0 Å². The van der Waals surface area contributed by atoms with Crippen LogP contribution < -0.4 is 5.73 Å². The van der Waals surface area contributed by atoms with E-state index in [2.05, 4.69) is 18.0 Å². The lowest BCUT2D eigenvalue weighted by atomic mass is 10.1. The topological polar surface area (TPSA) is 38.9 Å². The van der Waals surface area contributed by atoms with Gasteiger partial charge in [0.05, 0.1) is 5.52 Å². The van der Waals surface area contributed by atoms with Crippen LogP contribution in [0.3, 0.4) is 0 Å². The van der Waals surface area contributed by atoms with Crippen LogP contribution in [0.25, 0.3) is 10.9 Å². The number of nitrogens with two attached hydrogens (primary N) is 1. The van der Waals surface area contributed by atoms with Crippen LogP contribution in [0.2, 0.25) is 5.02 Å². The number of nitrogens with zero attached hydrogens (tertiary/aromatic N) is 1. The maximum Gasteiger partial charge on any atom is 0.0722 e. The van der Waals surface area contributed by atoms with Crippen molar-refractivity contribution >= 4 is 22.5 Å². The lowest BCUT2D eigenvalue weighted by molar-refractivity contribution is 0.724. The summed E-state index contributed by atoms with van der Waals surface area (Å²) in [5, 5.41) is 1.87. The van der Waals surface area contributed by atoms with Crippen molar-refractivity contribution in [2.45, 2.75) is 26.3 Å². The van der Waals surface area contributed by atoms with E-state index in [9.17, 15) is 0 Å². The fourth-order valence-electron chi connectivity index (χ4n) is 1.88. The molecule has 0 fully saturated rings. The minimum Gasteiger partial charge on any atom is -0.328 e. The Bertz CT molecular complexity index is 521. The molecule has 0 spiro atoms. The van der Waals surface area contributed by atoms with Crippen LogP contribution in [0.5, 0.6) is 0 Å². The van der Waals surface area contributed by atoms with Gasteiger partial charge in [-0.2, -0.15) is 0 Å². The molecule has 2 nitrogen and oxygen atoms in total. The van der Waals surface area contributed by atoms with E-state index in [1.165, 1.54) is 5.56 Å². The third-order valence-corrected chi connectivity index (χ3v) is 2.80. The number of aryl methyl sites for hydroxylation is 1. The largest absolute Gasteiger partial charge is 0.328 e. The second-order valence-corrected chi connectivity index (χ2v) is 4.71. The van der Waals surface area contributed by atoms with Gasteiger partial charge in [0.25, 0.3) is 0 Å². The van der Waals surface area contributed by atoms with E-state index in [-0.39, 0.29) is 6.04 Å². The molecule has 2 rings (SSSR count). The second-order valence-electron chi connectivity index (χ2n) is 4.27. The van der Waals surface area contributed by atoms with Crippen LogP contribution in [0, 0.1) is 6.92 Å². The van der Waals surface area contributed by atoms with Crippen molar-refractivity contribution in [3.05, 3.63) is 40.5 Å². The predicted molar refractivity (Wildman–Crippen MR) is 68.8 cm³/mol. The first-order valence-electron chi connectivity index (χ1n) is 5.37. The number of hydrogen-bond acceptors (Lipinski definition) is 2. The van der Waals surface area contributed by atoms with Crippen molar-refractivity contribution in [3.8, 4) is 0 Å². The van der Waals surface area contributed by atoms with E-state index < -0.39 is 0 Å². The summed E-state index contributed by atoms with van der Waals surface area (Å²) >= 11 is 5.96. The maximum absolute atomic E-state index is 5.96. The molecular formula is C13H15ClN2. The van der Waals surface area contributed by atoms with Gasteiger partial charge >= 0.3 is 0 Å². The highest BCUT2D eigenvalue weighted by atomic mass is 35.5. The molecule has 84 valence electrons. The molecule has 0 radical (unpaired) electrons. The number of halogens is 1. The molecule has 0 aliphatic rings. The van der Waals surface area contributed by atoms with Gasteiger partial charge in [-0.25, -0.2) is 0 Å². The minimum absolute atomic E-state index is 0.128. The van der Waals surface area contributed by atoms with Crippen molar-refractivity contribution in [2.75, 3.05) is 0 Å². The highest BCUT2D eigenvalue weighted by molar-refractivity contribution is 6.31. The smallest absolute Gasteiger partial charge is 0.0722 e. The normalized spacial score (nSPS) is 13.0. The molecule has 3 heteroatoms. The van der Waals surface area contributed by atoms with Crippen molar-refractivity contribution in [2.24, 2.45) is 5.73 Å². The zero-order valence-electron chi connectivity index (χ0n) is 9.50. The van der Waals surface area contributed by atoms with E-state index in [0.717, 1.165) is 28.0 Å². The van der Waals surface area contributed by atoms with Crippen molar-refractivity contribution in [3.63, 3.8) is 0 Å². The Kier molecular flexibility index (Phi) is 3.13. The monoisotopic (exact) mass is 234 g/mol. The first kappa shape index (κ1) is 11.4. The molecule has 0 saturated heterocycles. The van der Waals surface area contributed by atoms with Crippen LogP contribution in [0.15, 0.2) is 24.3 Å². The summed E-state index contributed by atoms with van der Waals surface area (Å²) < 4.78 is 0. The van der Waals surface area contributed by atoms with E-state index in [0.29, 0.717) is 0 Å². The molecule has 16 heavy (non-hydrogen) atoms. The molecule has 2 aromatic rings. The summed E-state index contributed by atoms with van der Waals surface area (Å²) in [6.07, 6.45) is 0.795. The van der Waals surface area contributed by atoms with Crippen LogP contribution in [0.4, 0.5) is 0 Å². The lowest BCUT2D eigenvalue weighted by Crippen LogP contribution is -2.18. The third kappa shape index (κ3) is 2.34. The Hall–Kier alpha value is -1.12. The average molecular weight is 235 g/mol. The summed E-state index contributed by atoms with van der Waals surface area (Å²) in [4.78, 5) is 4.57. The highest BCUT2D eigenvalue weighted by Crippen LogP contribution is 2.21. The van der Waals surface area contributed by atoms with Crippen molar-refractivity contribution < 1.29 is 0 Å². The summed E-state index contributed by atoms with van der Waals surface area (Å²) in [6.45, 7) is 4.07. The molecule has 0 bridgehead atoms. The first-order chi connectivity index (χ1) is 7.56. The highest BCUT2D eigenvalue weighted by Gasteiger charge is 2.05. The fourth-order valence-corrected chi connectivity index (χ4v) is 2.05. The zero-order chi connectivity index (χ0) is 11.7. The standard InChI is InChI=1S/C13H15ClN2/c1-8-5-11(6-9(2)15)16-13-7-10(14)3-4-12(8)13/h3-5,7,9H,6,15H2,1-2H3. The van der Waals surface area contributed by atoms with Gasteiger partial charge in [-0.3, -0.25) is 4.98 Å². The molecule has 1 atom stereocenters.